The van der Waals surface area contributed by atoms with E-state index in [2.05, 4.69) is 22.3 Å². The molecule has 1 saturated carbocycles. The summed E-state index contributed by atoms with van der Waals surface area (Å²) < 4.78 is 1.96. The standard InChI is InChI=1S/C19H16ClN3O2/c1-23-16(14-8-7-12(17(24)25)11-15(14)20)21-22-18(23)19(9-10-19)13-5-3-2-4-6-13/h2-8,11H,9-10H2,1H3,(H,24,25). The summed E-state index contributed by atoms with van der Waals surface area (Å²) in [4.78, 5) is 11.1. The number of hydrogen-bond donors (Lipinski definition) is 1. The predicted octanol–water partition coefficient (Wildman–Crippen LogP) is 3.91. The van der Waals surface area contributed by atoms with E-state index in [9.17, 15) is 4.79 Å². The predicted molar refractivity (Wildman–Crippen MR) is 94.9 cm³/mol. The maximum atomic E-state index is 11.1. The number of nitrogens with zero attached hydrogens (tertiary/aromatic N) is 3. The van der Waals surface area contributed by atoms with Crippen molar-refractivity contribution in [2.45, 2.75) is 18.3 Å². The van der Waals surface area contributed by atoms with Crippen molar-refractivity contribution in [3.05, 3.63) is 70.5 Å². The molecule has 1 aliphatic carbocycles. The van der Waals surface area contributed by atoms with Gasteiger partial charge in [0.15, 0.2) is 5.82 Å². The molecule has 1 heterocycles. The Kier molecular flexibility index (Phi) is 3.62. The van der Waals surface area contributed by atoms with Crippen LogP contribution < -0.4 is 0 Å². The minimum atomic E-state index is -1.01. The molecule has 2 aromatic carbocycles. The molecule has 0 spiro atoms. The van der Waals surface area contributed by atoms with E-state index in [0.717, 1.165) is 18.7 Å². The molecule has 0 aliphatic heterocycles. The van der Waals surface area contributed by atoms with Gasteiger partial charge in [0.1, 0.15) is 5.82 Å². The average molecular weight is 354 g/mol. The van der Waals surface area contributed by atoms with Gasteiger partial charge >= 0.3 is 5.97 Å². The third kappa shape index (κ3) is 2.51. The second-order valence-corrected chi connectivity index (χ2v) is 6.76. The maximum absolute atomic E-state index is 11.1. The van der Waals surface area contributed by atoms with E-state index in [1.165, 1.54) is 17.7 Å². The fourth-order valence-electron chi connectivity index (χ4n) is 3.33. The summed E-state index contributed by atoms with van der Waals surface area (Å²) in [6, 6.07) is 15.0. The van der Waals surface area contributed by atoms with Crippen molar-refractivity contribution in [2.24, 2.45) is 7.05 Å². The Balaban J connectivity index is 1.77. The van der Waals surface area contributed by atoms with Crippen molar-refractivity contribution in [1.82, 2.24) is 14.8 Å². The van der Waals surface area contributed by atoms with Gasteiger partial charge in [-0.15, -0.1) is 10.2 Å². The molecule has 1 aromatic heterocycles. The summed E-state index contributed by atoms with van der Waals surface area (Å²) in [6.45, 7) is 0. The number of hydrogen-bond acceptors (Lipinski definition) is 3. The number of carboxylic acids is 1. The fourth-order valence-corrected chi connectivity index (χ4v) is 3.60. The van der Waals surface area contributed by atoms with Gasteiger partial charge in [0.2, 0.25) is 0 Å². The van der Waals surface area contributed by atoms with Gasteiger partial charge in [-0.1, -0.05) is 41.9 Å². The van der Waals surface area contributed by atoms with E-state index in [0.29, 0.717) is 16.4 Å². The first-order chi connectivity index (χ1) is 12.0. The largest absolute Gasteiger partial charge is 0.478 e. The van der Waals surface area contributed by atoms with Gasteiger partial charge in [-0.3, -0.25) is 0 Å². The van der Waals surface area contributed by atoms with E-state index >= 15 is 0 Å². The molecule has 1 N–H and O–H groups in total. The van der Waals surface area contributed by atoms with Crippen LogP contribution in [0.1, 0.15) is 34.6 Å². The van der Waals surface area contributed by atoms with Crippen molar-refractivity contribution < 1.29 is 9.90 Å². The number of benzene rings is 2. The minimum absolute atomic E-state index is 0.0886. The number of aromatic nitrogens is 3. The van der Waals surface area contributed by atoms with E-state index in [-0.39, 0.29) is 11.0 Å². The van der Waals surface area contributed by atoms with Crippen LogP contribution in [0.4, 0.5) is 0 Å². The third-order valence-corrected chi connectivity index (χ3v) is 5.15. The molecular formula is C19H16ClN3O2. The molecule has 0 saturated heterocycles. The van der Waals surface area contributed by atoms with Crippen LogP contribution in [0.15, 0.2) is 48.5 Å². The van der Waals surface area contributed by atoms with Gasteiger partial charge in [0, 0.05) is 12.6 Å². The fraction of sp³-hybridized carbons (Fsp3) is 0.211. The second kappa shape index (κ2) is 5.70. The molecule has 3 aromatic rings. The number of rotatable bonds is 4. The van der Waals surface area contributed by atoms with Crippen LogP contribution in [-0.2, 0) is 12.5 Å². The summed E-state index contributed by atoms with van der Waals surface area (Å²) in [5.41, 5.74) is 1.98. The molecule has 0 unspecified atom stereocenters. The Hall–Kier alpha value is -2.66. The van der Waals surface area contributed by atoms with E-state index in [1.54, 1.807) is 6.07 Å². The smallest absolute Gasteiger partial charge is 0.335 e. The normalized spacial score (nSPS) is 15.1. The molecule has 0 bridgehead atoms. The first-order valence-corrected chi connectivity index (χ1v) is 8.39. The zero-order chi connectivity index (χ0) is 17.6. The maximum Gasteiger partial charge on any atom is 0.335 e. The first-order valence-electron chi connectivity index (χ1n) is 8.01. The Morgan fingerprint density at radius 3 is 2.48 bits per heavy atom. The topological polar surface area (TPSA) is 68.0 Å². The lowest BCUT2D eigenvalue weighted by molar-refractivity contribution is 0.0697. The van der Waals surface area contributed by atoms with Gasteiger partial charge in [-0.2, -0.15) is 0 Å². The molecule has 0 atom stereocenters. The number of halogens is 1. The van der Waals surface area contributed by atoms with Crippen LogP contribution in [0.2, 0.25) is 5.02 Å². The summed E-state index contributed by atoms with van der Waals surface area (Å²) in [6.07, 6.45) is 2.07. The molecular weight excluding hydrogens is 338 g/mol. The summed E-state index contributed by atoms with van der Waals surface area (Å²) in [5.74, 6) is 0.541. The zero-order valence-corrected chi connectivity index (χ0v) is 14.4. The zero-order valence-electron chi connectivity index (χ0n) is 13.6. The van der Waals surface area contributed by atoms with Gasteiger partial charge in [0.05, 0.1) is 16.0 Å². The number of carboxylic acid groups (broad SMARTS) is 1. The van der Waals surface area contributed by atoms with E-state index in [4.69, 9.17) is 16.7 Å². The van der Waals surface area contributed by atoms with Crippen molar-refractivity contribution >= 4 is 17.6 Å². The monoisotopic (exact) mass is 353 g/mol. The van der Waals surface area contributed by atoms with Crippen LogP contribution in [0, 0.1) is 0 Å². The average Bonchev–Trinajstić information content (AvgIpc) is 3.33. The van der Waals surface area contributed by atoms with Gasteiger partial charge in [-0.25, -0.2) is 4.79 Å². The van der Waals surface area contributed by atoms with Crippen LogP contribution in [-0.4, -0.2) is 25.8 Å². The highest BCUT2D eigenvalue weighted by atomic mass is 35.5. The molecule has 4 rings (SSSR count). The highest BCUT2D eigenvalue weighted by Gasteiger charge is 2.49. The Bertz CT molecular complexity index is 962. The Labute approximate surface area is 149 Å². The van der Waals surface area contributed by atoms with Gasteiger partial charge in [-0.05, 0) is 36.6 Å². The molecule has 1 fully saturated rings. The minimum Gasteiger partial charge on any atom is -0.478 e. The lowest BCUT2D eigenvalue weighted by Gasteiger charge is -2.15. The SMILES string of the molecule is Cn1c(-c2ccc(C(=O)O)cc2Cl)nnc1C1(c2ccccc2)CC1. The second-order valence-electron chi connectivity index (χ2n) is 6.35. The van der Waals surface area contributed by atoms with E-state index in [1.807, 2.05) is 29.8 Å². The molecule has 126 valence electrons. The molecule has 1 aliphatic rings. The van der Waals surface area contributed by atoms with Gasteiger partial charge < -0.3 is 9.67 Å². The van der Waals surface area contributed by atoms with Crippen molar-refractivity contribution in [2.75, 3.05) is 0 Å². The molecule has 6 heteroatoms. The Morgan fingerprint density at radius 1 is 1.16 bits per heavy atom. The molecule has 0 radical (unpaired) electrons. The summed E-state index contributed by atoms with van der Waals surface area (Å²) >= 11 is 6.29. The summed E-state index contributed by atoms with van der Waals surface area (Å²) in [5, 5.41) is 18.2. The molecule has 5 nitrogen and oxygen atoms in total. The van der Waals surface area contributed by atoms with Crippen molar-refractivity contribution in [3.63, 3.8) is 0 Å². The van der Waals surface area contributed by atoms with Crippen LogP contribution in [0.5, 0.6) is 0 Å². The Morgan fingerprint density at radius 2 is 1.88 bits per heavy atom. The number of carbonyl (C=O) groups is 1. The molecule has 25 heavy (non-hydrogen) atoms. The number of aromatic carboxylic acids is 1. The lowest BCUT2D eigenvalue weighted by atomic mass is 9.95. The quantitative estimate of drug-likeness (QED) is 0.772. The van der Waals surface area contributed by atoms with Gasteiger partial charge in [0.25, 0.3) is 0 Å². The van der Waals surface area contributed by atoms with Crippen molar-refractivity contribution in [3.8, 4) is 11.4 Å². The lowest BCUT2D eigenvalue weighted by Crippen LogP contribution is -2.15. The summed E-state index contributed by atoms with van der Waals surface area (Å²) in [7, 11) is 1.93. The first kappa shape index (κ1) is 15.8. The van der Waals surface area contributed by atoms with E-state index < -0.39 is 5.97 Å². The highest BCUT2D eigenvalue weighted by molar-refractivity contribution is 6.33. The van der Waals surface area contributed by atoms with Crippen LogP contribution in [0.25, 0.3) is 11.4 Å². The highest BCUT2D eigenvalue weighted by Crippen LogP contribution is 2.53. The molecule has 0 amide bonds. The third-order valence-electron chi connectivity index (χ3n) is 4.84. The van der Waals surface area contributed by atoms with Crippen LogP contribution in [0.3, 0.4) is 0 Å². The van der Waals surface area contributed by atoms with Crippen molar-refractivity contribution in [1.29, 1.82) is 0 Å². The van der Waals surface area contributed by atoms with Crippen LogP contribution >= 0.6 is 11.6 Å².